The lowest BCUT2D eigenvalue weighted by Crippen LogP contribution is -2.17. The van der Waals surface area contributed by atoms with Gasteiger partial charge in [0.25, 0.3) is 5.69 Å². The van der Waals surface area contributed by atoms with Crippen LogP contribution in [0.25, 0.3) is 10.8 Å². The summed E-state index contributed by atoms with van der Waals surface area (Å²) < 4.78 is 0. The molecule has 1 aliphatic rings. The summed E-state index contributed by atoms with van der Waals surface area (Å²) in [6, 6.07) is 9.53. The summed E-state index contributed by atoms with van der Waals surface area (Å²) in [6.07, 6.45) is 0.810. The molecule has 2 aromatic rings. The van der Waals surface area contributed by atoms with E-state index in [4.69, 9.17) is 11.6 Å². The number of benzene rings is 2. The van der Waals surface area contributed by atoms with Gasteiger partial charge in [-0.2, -0.15) is 0 Å². The summed E-state index contributed by atoms with van der Waals surface area (Å²) in [6.45, 7) is 0.823. The number of fused-ring (bicyclic) bond motifs is 3. The van der Waals surface area contributed by atoms with Crippen LogP contribution in [0.4, 0.5) is 11.4 Å². The number of hydrogen-bond donors (Lipinski definition) is 0. The molecular formula is C13H11ClN2O2. The Balaban J connectivity index is 2.34. The lowest BCUT2D eigenvalue weighted by Gasteiger charge is -2.15. The second kappa shape index (κ2) is 4.14. The molecule has 0 aliphatic carbocycles. The van der Waals surface area contributed by atoms with Gasteiger partial charge < -0.3 is 4.90 Å². The number of nitro benzene ring substituents is 1. The molecule has 0 bridgehead atoms. The minimum Gasteiger partial charge on any atom is -0.357 e. The van der Waals surface area contributed by atoms with Crippen LogP contribution in [0.3, 0.4) is 0 Å². The van der Waals surface area contributed by atoms with Crippen molar-refractivity contribution in [3.8, 4) is 0 Å². The largest absolute Gasteiger partial charge is 0.357 e. The Hall–Kier alpha value is -1.81. The Labute approximate surface area is 109 Å². The summed E-state index contributed by atoms with van der Waals surface area (Å²) in [4.78, 5) is 12.9. The highest BCUT2D eigenvalue weighted by Gasteiger charge is 2.24. The molecule has 0 aromatic heterocycles. The van der Waals surface area contributed by atoms with Gasteiger partial charge in [0.05, 0.1) is 16.3 Å². The fourth-order valence-corrected chi connectivity index (χ4v) is 2.86. The van der Waals surface area contributed by atoms with Crippen molar-refractivity contribution in [2.45, 2.75) is 6.42 Å². The summed E-state index contributed by atoms with van der Waals surface area (Å²) >= 11 is 5.88. The third kappa shape index (κ3) is 1.53. The second-order valence-electron chi connectivity index (χ2n) is 4.33. The minimum absolute atomic E-state index is 0.181. The molecule has 0 unspecified atom stereocenters. The molecule has 0 spiro atoms. The van der Waals surface area contributed by atoms with E-state index >= 15 is 0 Å². The van der Waals surface area contributed by atoms with Gasteiger partial charge >= 0.3 is 0 Å². The Morgan fingerprint density at radius 2 is 2.17 bits per heavy atom. The Morgan fingerprint density at radius 1 is 1.33 bits per heavy atom. The van der Waals surface area contributed by atoms with E-state index in [2.05, 4.69) is 0 Å². The molecule has 0 N–H and O–H groups in total. The topological polar surface area (TPSA) is 46.4 Å². The van der Waals surface area contributed by atoms with Crippen LogP contribution < -0.4 is 4.90 Å². The van der Waals surface area contributed by atoms with Gasteiger partial charge in [0.1, 0.15) is 0 Å². The van der Waals surface area contributed by atoms with Crippen LogP contribution in [0, 0.1) is 10.1 Å². The van der Waals surface area contributed by atoms with E-state index in [1.165, 1.54) is 0 Å². The lowest BCUT2D eigenvalue weighted by atomic mass is 10.0. The molecule has 92 valence electrons. The first-order valence-corrected chi connectivity index (χ1v) is 6.25. The number of rotatable bonds is 2. The van der Waals surface area contributed by atoms with Crippen LogP contribution in [0.1, 0.15) is 5.56 Å². The highest BCUT2D eigenvalue weighted by molar-refractivity contribution is 6.19. The van der Waals surface area contributed by atoms with Crippen LogP contribution in [-0.4, -0.2) is 17.5 Å². The maximum atomic E-state index is 11.1. The summed E-state index contributed by atoms with van der Waals surface area (Å²) in [5, 5.41) is 12.8. The number of nitrogens with zero attached hydrogens (tertiary/aromatic N) is 2. The highest BCUT2D eigenvalue weighted by Crippen LogP contribution is 2.38. The first kappa shape index (κ1) is 11.3. The Bertz CT molecular complexity index is 642. The zero-order valence-corrected chi connectivity index (χ0v) is 10.4. The lowest BCUT2D eigenvalue weighted by molar-refractivity contribution is -0.383. The van der Waals surface area contributed by atoms with E-state index in [0.29, 0.717) is 6.00 Å². The predicted molar refractivity (Wildman–Crippen MR) is 72.4 cm³/mol. The van der Waals surface area contributed by atoms with Crippen molar-refractivity contribution >= 4 is 33.7 Å². The standard InChI is InChI=1S/C13H11ClN2O2/c14-8-15-7-6-10-11(15)5-4-9-2-1-3-12(13(9)10)16(17)18/h1-5H,6-8H2. The number of alkyl halides is 1. The van der Waals surface area contributed by atoms with Gasteiger partial charge in [-0.1, -0.05) is 18.2 Å². The van der Waals surface area contributed by atoms with E-state index in [9.17, 15) is 10.1 Å². The van der Waals surface area contributed by atoms with E-state index < -0.39 is 0 Å². The molecule has 0 saturated heterocycles. The minimum atomic E-state index is -0.314. The molecule has 1 heterocycles. The molecule has 0 fully saturated rings. The molecule has 18 heavy (non-hydrogen) atoms. The first-order valence-electron chi connectivity index (χ1n) is 5.72. The number of non-ortho nitro benzene ring substituents is 1. The van der Waals surface area contributed by atoms with Gasteiger partial charge in [-0.05, 0) is 23.4 Å². The van der Waals surface area contributed by atoms with Crippen molar-refractivity contribution in [3.63, 3.8) is 0 Å². The number of hydrogen-bond acceptors (Lipinski definition) is 3. The molecule has 0 saturated carbocycles. The van der Waals surface area contributed by atoms with Crippen LogP contribution >= 0.6 is 11.6 Å². The zero-order chi connectivity index (χ0) is 12.7. The molecule has 5 heteroatoms. The van der Waals surface area contributed by atoms with Crippen molar-refractivity contribution in [1.82, 2.24) is 0 Å². The summed E-state index contributed by atoms with van der Waals surface area (Å²) in [5.41, 5.74) is 2.24. The SMILES string of the molecule is O=[N+]([O-])c1cccc2ccc3c(c12)CCN3CCl. The van der Waals surface area contributed by atoms with Crippen molar-refractivity contribution in [3.05, 3.63) is 46.0 Å². The van der Waals surface area contributed by atoms with Gasteiger partial charge in [-0.3, -0.25) is 10.1 Å². The maximum Gasteiger partial charge on any atom is 0.277 e. The van der Waals surface area contributed by atoms with Crippen molar-refractivity contribution in [1.29, 1.82) is 0 Å². The number of nitro groups is 1. The molecule has 0 radical (unpaired) electrons. The van der Waals surface area contributed by atoms with Gasteiger partial charge in [0, 0.05) is 18.3 Å². The summed E-state index contributed by atoms with van der Waals surface area (Å²) in [5.74, 6) is 0. The zero-order valence-electron chi connectivity index (χ0n) is 9.60. The van der Waals surface area contributed by atoms with Crippen molar-refractivity contribution in [2.24, 2.45) is 0 Å². The van der Waals surface area contributed by atoms with Gasteiger partial charge in [-0.25, -0.2) is 0 Å². The normalized spacial score (nSPS) is 13.9. The molecule has 4 nitrogen and oxygen atoms in total. The third-order valence-electron chi connectivity index (χ3n) is 3.42. The van der Waals surface area contributed by atoms with Crippen molar-refractivity contribution in [2.75, 3.05) is 17.4 Å². The fraction of sp³-hybridized carbons (Fsp3) is 0.231. The maximum absolute atomic E-state index is 11.1. The van der Waals surface area contributed by atoms with Crippen LogP contribution in [0.2, 0.25) is 0 Å². The second-order valence-corrected chi connectivity index (χ2v) is 4.57. The van der Waals surface area contributed by atoms with Crippen LogP contribution in [0.5, 0.6) is 0 Å². The van der Waals surface area contributed by atoms with Gasteiger partial charge in [0.2, 0.25) is 0 Å². The molecule has 0 amide bonds. The first-order chi connectivity index (χ1) is 8.72. The van der Waals surface area contributed by atoms with E-state index in [1.54, 1.807) is 12.1 Å². The molecule has 1 aliphatic heterocycles. The van der Waals surface area contributed by atoms with Crippen LogP contribution in [0.15, 0.2) is 30.3 Å². The van der Waals surface area contributed by atoms with E-state index in [1.807, 2.05) is 23.1 Å². The predicted octanol–water partition coefficient (Wildman–Crippen LogP) is 3.31. The number of anilines is 1. The van der Waals surface area contributed by atoms with E-state index in [0.717, 1.165) is 35.0 Å². The third-order valence-corrected chi connectivity index (χ3v) is 3.71. The van der Waals surface area contributed by atoms with Gasteiger partial charge in [-0.15, -0.1) is 11.6 Å². The molecule has 3 rings (SSSR count). The number of halogens is 1. The van der Waals surface area contributed by atoms with Crippen LogP contribution in [-0.2, 0) is 6.42 Å². The molecule has 0 atom stereocenters. The molecule has 2 aromatic carbocycles. The Morgan fingerprint density at radius 3 is 2.89 bits per heavy atom. The fourth-order valence-electron chi connectivity index (χ4n) is 2.62. The van der Waals surface area contributed by atoms with Gasteiger partial charge in [0.15, 0.2) is 0 Å². The smallest absolute Gasteiger partial charge is 0.277 e. The average Bonchev–Trinajstić information content (AvgIpc) is 2.80. The average molecular weight is 263 g/mol. The monoisotopic (exact) mass is 262 g/mol. The highest BCUT2D eigenvalue weighted by atomic mass is 35.5. The Kier molecular flexibility index (Phi) is 2.59. The summed E-state index contributed by atoms with van der Waals surface area (Å²) in [7, 11) is 0. The van der Waals surface area contributed by atoms with Crippen molar-refractivity contribution < 1.29 is 4.92 Å². The molecular weight excluding hydrogens is 252 g/mol. The quantitative estimate of drug-likeness (QED) is 0.361. The van der Waals surface area contributed by atoms with E-state index in [-0.39, 0.29) is 10.6 Å².